The first-order chi connectivity index (χ1) is 9.50. The summed E-state index contributed by atoms with van der Waals surface area (Å²) in [6.07, 6.45) is 1.12. The fourth-order valence-corrected chi connectivity index (χ4v) is 2.20. The van der Waals surface area contributed by atoms with Gasteiger partial charge in [0.1, 0.15) is 5.82 Å². The van der Waals surface area contributed by atoms with Crippen molar-refractivity contribution in [1.82, 2.24) is 4.98 Å². The Balaban J connectivity index is 2.05. The summed E-state index contributed by atoms with van der Waals surface area (Å²) in [4.78, 5) is 4.47. The van der Waals surface area contributed by atoms with E-state index in [1.165, 1.54) is 0 Å². The highest BCUT2D eigenvalue weighted by Gasteiger charge is 2.19. The standard InChI is InChI=1S/C15H19ClN2O2/c1-15(20,7-2-8-19)10-17-14-6-3-11-9-12(16)4-5-13(11)18-14/h3-6,9,19-20H,2,7-8,10H2,1H3,(H,17,18). The molecule has 5 heteroatoms. The van der Waals surface area contributed by atoms with Crippen molar-refractivity contribution in [3.63, 3.8) is 0 Å². The molecule has 3 N–H and O–H groups in total. The number of aliphatic hydroxyl groups is 2. The second-order valence-electron chi connectivity index (χ2n) is 5.21. The maximum atomic E-state index is 10.1. The SMILES string of the molecule is CC(O)(CCCO)CNc1ccc2cc(Cl)ccc2n1. The summed E-state index contributed by atoms with van der Waals surface area (Å²) in [6.45, 7) is 2.22. The highest BCUT2D eigenvalue weighted by atomic mass is 35.5. The van der Waals surface area contributed by atoms with Crippen LogP contribution in [-0.2, 0) is 0 Å². The average molecular weight is 295 g/mol. The molecule has 2 rings (SSSR count). The van der Waals surface area contributed by atoms with E-state index in [9.17, 15) is 5.11 Å². The van der Waals surface area contributed by atoms with Crippen molar-refractivity contribution in [2.75, 3.05) is 18.5 Å². The maximum absolute atomic E-state index is 10.1. The van der Waals surface area contributed by atoms with Crippen LogP contribution < -0.4 is 5.32 Å². The Morgan fingerprint density at radius 3 is 2.85 bits per heavy atom. The molecule has 20 heavy (non-hydrogen) atoms. The molecule has 0 saturated carbocycles. The zero-order valence-electron chi connectivity index (χ0n) is 11.4. The summed E-state index contributed by atoms with van der Waals surface area (Å²) in [6, 6.07) is 9.34. The molecule has 1 aromatic carbocycles. The van der Waals surface area contributed by atoms with Gasteiger partial charge < -0.3 is 15.5 Å². The van der Waals surface area contributed by atoms with Crippen molar-refractivity contribution in [1.29, 1.82) is 0 Å². The van der Waals surface area contributed by atoms with Crippen molar-refractivity contribution in [3.05, 3.63) is 35.4 Å². The van der Waals surface area contributed by atoms with Gasteiger partial charge in [0.15, 0.2) is 0 Å². The van der Waals surface area contributed by atoms with Gasteiger partial charge in [0.05, 0.1) is 11.1 Å². The van der Waals surface area contributed by atoms with Gasteiger partial charge in [0.25, 0.3) is 0 Å². The molecule has 1 aromatic heterocycles. The quantitative estimate of drug-likeness (QED) is 0.766. The predicted molar refractivity (Wildman–Crippen MR) is 82.2 cm³/mol. The van der Waals surface area contributed by atoms with Gasteiger partial charge >= 0.3 is 0 Å². The van der Waals surface area contributed by atoms with Crippen LogP contribution in [0.3, 0.4) is 0 Å². The van der Waals surface area contributed by atoms with Crippen LogP contribution in [0.2, 0.25) is 5.02 Å². The lowest BCUT2D eigenvalue weighted by molar-refractivity contribution is 0.0565. The van der Waals surface area contributed by atoms with Crippen molar-refractivity contribution in [3.8, 4) is 0 Å². The molecule has 2 aromatic rings. The Bertz CT molecular complexity index is 587. The number of halogens is 1. The first-order valence-corrected chi connectivity index (χ1v) is 7.01. The number of hydrogen-bond donors (Lipinski definition) is 3. The van der Waals surface area contributed by atoms with E-state index >= 15 is 0 Å². The molecule has 1 unspecified atom stereocenters. The number of aromatic nitrogens is 1. The predicted octanol–water partition coefficient (Wildman–Crippen LogP) is 2.82. The molecule has 4 nitrogen and oxygen atoms in total. The summed E-state index contributed by atoms with van der Waals surface area (Å²) >= 11 is 5.93. The summed E-state index contributed by atoms with van der Waals surface area (Å²) in [5.41, 5.74) is -0.00582. The Labute approximate surface area is 123 Å². The second-order valence-corrected chi connectivity index (χ2v) is 5.65. The first kappa shape index (κ1) is 15.0. The van der Waals surface area contributed by atoms with Gasteiger partial charge in [-0.1, -0.05) is 11.6 Å². The fraction of sp³-hybridized carbons (Fsp3) is 0.400. The smallest absolute Gasteiger partial charge is 0.126 e. The third kappa shape index (κ3) is 4.07. The molecule has 0 fully saturated rings. The number of fused-ring (bicyclic) bond motifs is 1. The minimum atomic E-state index is -0.862. The van der Waals surface area contributed by atoms with E-state index < -0.39 is 5.60 Å². The first-order valence-electron chi connectivity index (χ1n) is 6.64. The largest absolute Gasteiger partial charge is 0.396 e. The highest BCUT2D eigenvalue weighted by Crippen LogP contribution is 2.20. The van der Waals surface area contributed by atoms with Crippen LogP contribution in [-0.4, -0.2) is 33.9 Å². The normalized spacial score (nSPS) is 14.2. The molecule has 1 atom stereocenters. The molecule has 0 bridgehead atoms. The zero-order valence-corrected chi connectivity index (χ0v) is 12.2. The molecule has 0 spiro atoms. The van der Waals surface area contributed by atoms with E-state index in [-0.39, 0.29) is 6.61 Å². The Hall–Kier alpha value is -1.36. The number of nitrogens with zero attached hydrogens (tertiary/aromatic N) is 1. The third-order valence-electron chi connectivity index (χ3n) is 3.18. The van der Waals surface area contributed by atoms with Crippen LogP contribution in [0, 0.1) is 0 Å². The zero-order chi connectivity index (χ0) is 14.6. The van der Waals surface area contributed by atoms with E-state index in [1.54, 1.807) is 13.0 Å². The topological polar surface area (TPSA) is 65.4 Å². The Morgan fingerprint density at radius 2 is 2.10 bits per heavy atom. The molecule has 0 amide bonds. The molecule has 0 aliphatic heterocycles. The molecule has 1 heterocycles. The van der Waals surface area contributed by atoms with Gasteiger partial charge in [-0.3, -0.25) is 0 Å². The van der Waals surface area contributed by atoms with E-state index in [0.717, 1.165) is 10.9 Å². The lowest BCUT2D eigenvalue weighted by atomic mass is 10.0. The summed E-state index contributed by atoms with van der Waals surface area (Å²) < 4.78 is 0. The van der Waals surface area contributed by atoms with Crippen LogP contribution in [0.5, 0.6) is 0 Å². The van der Waals surface area contributed by atoms with Crippen LogP contribution >= 0.6 is 11.6 Å². The summed E-state index contributed by atoms with van der Waals surface area (Å²) in [7, 11) is 0. The highest BCUT2D eigenvalue weighted by molar-refractivity contribution is 6.31. The van der Waals surface area contributed by atoms with Crippen LogP contribution in [0.25, 0.3) is 10.9 Å². The minimum absolute atomic E-state index is 0.0884. The summed E-state index contributed by atoms with van der Waals surface area (Å²) in [5, 5.41) is 23.7. The number of rotatable bonds is 6. The molecule has 0 saturated heterocycles. The van der Waals surface area contributed by atoms with E-state index in [2.05, 4.69) is 10.3 Å². The number of hydrogen-bond acceptors (Lipinski definition) is 4. The van der Waals surface area contributed by atoms with Crippen molar-refractivity contribution in [2.24, 2.45) is 0 Å². The lowest BCUT2D eigenvalue weighted by Gasteiger charge is -2.23. The molecular weight excluding hydrogens is 276 g/mol. The molecular formula is C15H19ClN2O2. The number of anilines is 1. The van der Waals surface area contributed by atoms with E-state index in [0.29, 0.717) is 30.2 Å². The fourth-order valence-electron chi connectivity index (χ4n) is 2.02. The number of benzene rings is 1. The summed E-state index contributed by atoms with van der Waals surface area (Å²) in [5.74, 6) is 0.712. The van der Waals surface area contributed by atoms with Gasteiger partial charge in [-0.25, -0.2) is 4.98 Å². The molecule has 108 valence electrons. The number of pyridine rings is 1. The maximum Gasteiger partial charge on any atom is 0.126 e. The van der Waals surface area contributed by atoms with Gasteiger partial charge in [-0.15, -0.1) is 0 Å². The van der Waals surface area contributed by atoms with Gasteiger partial charge in [0, 0.05) is 23.6 Å². The van der Waals surface area contributed by atoms with Crippen LogP contribution in [0.15, 0.2) is 30.3 Å². The number of aliphatic hydroxyl groups excluding tert-OH is 1. The molecule has 0 aliphatic rings. The van der Waals surface area contributed by atoms with E-state index in [1.807, 2.05) is 24.3 Å². The van der Waals surface area contributed by atoms with Gasteiger partial charge in [0.2, 0.25) is 0 Å². The molecule has 0 radical (unpaired) electrons. The second kappa shape index (κ2) is 6.39. The Kier molecular flexibility index (Phi) is 4.81. The average Bonchev–Trinajstić information content (AvgIpc) is 2.43. The van der Waals surface area contributed by atoms with Crippen molar-refractivity contribution >= 4 is 28.3 Å². The van der Waals surface area contributed by atoms with Gasteiger partial charge in [-0.05, 0) is 50.1 Å². The third-order valence-corrected chi connectivity index (χ3v) is 3.41. The van der Waals surface area contributed by atoms with E-state index in [4.69, 9.17) is 16.7 Å². The Morgan fingerprint density at radius 1 is 1.30 bits per heavy atom. The van der Waals surface area contributed by atoms with Gasteiger partial charge in [-0.2, -0.15) is 0 Å². The van der Waals surface area contributed by atoms with Crippen molar-refractivity contribution < 1.29 is 10.2 Å². The monoisotopic (exact) mass is 294 g/mol. The van der Waals surface area contributed by atoms with Crippen LogP contribution in [0.4, 0.5) is 5.82 Å². The minimum Gasteiger partial charge on any atom is -0.396 e. The lowest BCUT2D eigenvalue weighted by Crippen LogP contribution is -2.33. The molecule has 0 aliphatic carbocycles. The number of nitrogens with one attached hydrogen (secondary N) is 1. The van der Waals surface area contributed by atoms with Crippen molar-refractivity contribution in [2.45, 2.75) is 25.4 Å². The van der Waals surface area contributed by atoms with Crippen LogP contribution in [0.1, 0.15) is 19.8 Å².